The van der Waals surface area contributed by atoms with Crippen molar-refractivity contribution in [1.82, 2.24) is 0 Å². The van der Waals surface area contributed by atoms with Crippen molar-refractivity contribution in [3.63, 3.8) is 0 Å². The second kappa shape index (κ2) is 7.73. The molecule has 3 nitrogen and oxygen atoms in total. The number of carbonyl (C=O) groups excluding carboxylic acids is 2. The maximum Gasteiger partial charge on any atom is 0.302 e. The van der Waals surface area contributed by atoms with Gasteiger partial charge in [-0.05, 0) is 79.8 Å². The molecule has 0 aromatic carbocycles. The van der Waals surface area contributed by atoms with Crippen LogP contribution in [-0.2, 0) is 14.3 Å². The highest BCUT2D eigenvalue weighted by atomic mass is 32.2. The molecular weight excluding hydrogens is 380 g/mol. The van der Waals surface area contributed by atoms with Crippen molar-refractivity contribution in [2.24, 2.45) is 34.5 Å². The Labute approximate surface area is 180 Å². The van der Waals surface area contributed by atoms with Crippen molar-refractivity contribution in [3.05, 3.63) is 11.6 Å². The highest BCUT2D eigenvalue weighted by Gasteiger charge is 2.62. The van der Waals surface area contributed by atoms with Crippen molar-refractivity contribution in [2.45, 2.75) is 90.9 Å². The molecule has 4 rings (SSSR count). The Bertz CT molecular complexity index is 715. The fourth-order valence-corrected chi connectivity index (χ4v) is 9.52. The molecular formula is C25H38O3S. The molecule has 0 radical (unpaired) electrons. The van der Waals surface area contributed by atoms with E-state index in [4.69, 9.17) is 4.74 Å². The summed E-state index contributed by atoms with van der Waals surface area (Å²) < 4.78 is 5.57. The Morgan fingerprint density at radius 3 is 2.59 bits per heavy atom. The van der Waals surface area contributed by atoms with E-state index < -0.39 is 0 Å². The molecule has 29 heavy (non-hydrogen) atoms. The third kappa shape index (κ3) is 3.42. The number of ether oxygens (including phenoxy) is 1. The lowest BCUT2D eigenvalue weighted by Crippen LogP contribution is -2.51. The van der Waals surface area contributed by atoms with Gasteiger partial charge < -0.3 is 4.74 Å². The van der Waals surface area contributed by atoms with Crippen molar-refractivity contribution >= 4 is 23.5 Å². The van der Waals surface area contributed by atoms with Crippen LogP contribution < -0.4 is 0 Å². The Morgan fingerprint density at radius 2 is 1.93 bits per heavy atom. The Morgan fingerprint density at radius 1 is 1.17 bits per heavy atom. The minimum Gasteiger partial charge on any atom is -0.462 e. The molecule has 0 aromatic rings. The first-order chi connectivity index (χ1) is 13.7. The molecule has 0 spiro atoms. The summed E-state index contributed by atoms with van der Waals surface area (Å²) in [7, 11) is 0. The van der Waals surface area contributed by atoms with E-state index in [1.165, 1.54) is 26.2 Å². The lowest BCUT2D eigenvalue weighted by molar-refractivity contribution is -0.149. The van der Waals surface area contributed by atoms with Crippen molar-refractivity contribution in [3.8, 4) is 0 Å². The smallest absolute Gasteiger partial charge is 0.302 e. The van der Waals surface area contributed by atoms with Crippen molar-refractivity contribution in [2.75, 3.05) is 5.75 Å². The summed E-state index contributed by atoms with van der Waals surface area (Å²) in [6.07, 6.45) is 10.4. The number of rotatable bonds is 4. The van der Waals surface area contributed by atoms with Gasteiger partial charge in [-0.25, -0.2) is 0 Å². The lowest BCUT2D eigenvalue weighted by atomic mass is 9.47. The molecule has 0 aromatic heterocycles. The predicted octanol–water partition coefficient (Wildman–Crippen LogP) is 5.82. The molecule has 3 saturated carbocycles. The van der Waals surface area contributed by atoms with Crippen LogP contribution in [0.3, 0.4) is 0 Å². The van der Waals surface area contributed by atoms with Crippen LogP contribution in [0.1, 0.15) is 79.6 Å². The van der Waals surface area contributed by atoms with Crippen LogP contribution >= 0.6 is 11.8 Å². The van der Waals surface area contributed by atoms with E-state index in [1.54, 1.807) is 5.57 Å². The molecule has 0 saturated heterocycles. The molecule has 4 aliphatic rings. The average Bonchev–Trinajstić information content (AvgIpc) is 2.94. The van der Waals surface area contributed by atoms with Gasteiger partial charge in [0.2, 0.25) is 0 Å². The fourth-order valence-electron chi connectivity index (χ4n) is 8.06. The molecule has 0 heterocycles. The second-order valence-corrected chi connectivity index (χ2v) is 12.1. The summed E-state index contributed by atoms with van der Waals surface area (Å²) in [6, 6.07) is 0. The number of carbonyl (C=O) groups is 2. The number of esters is 1. The van der Waals surface area contributed by atoms with Crippen LogP contribution in [0.2, 0.25) is 0 Å². The summed E-state index contributed by atoms with van der Waals surface area (Å²) in [5.41, 5.74) is 1.97. The lowest BCUT2D eigenvalue weighted by Gasteiger charge is -2.58. The van der Waals surface area contributed by atoms with Gasteiger partial charge >= 0.3 is 5.97 Å². The molecule has 4 heteroatoms. The van der Waals surface area contributed by atoms with E-state index in [0.29, 0.717) is 22.9 Å². The molecule has 0 amide bonds. The van der Waals surface area contributed by atoms with Crippen LogP contribution in [0.15, 0.2) is 11.6 Å². The summed E-state index contributed by atoms with van der Waals surface area (Å²) in [4.78, 5) is 24.1. The largest absolute Gasteiger partial charge is 0.462 e. The van der Waals surface area contributed by atoms with Crippen molar-refractivity contribution in [1.29, 1.82) is 0 Å². The Kier molecular flexibility index (Phi) is 5.72. The molecule has 3 fully saturated rings. The zero-order valence-corrected chi connectivity index (χ0v) is 19.6. The number of hydrogen-bond acceptors (Lipinski definition) is 4. The highest BCUT2D eigenvalue weighted by Crippen LogP contribution is 2.67. The average molecular weight is 419 g/mol. The van der Waals surface area contributed by atoms with Crippen LogP contribution in [0.5, 0.6) is 0 Å². The Hall–Kier alpha value is -0.770. The number of hydrogen-bond donors (Lipinski definition) is 0. The molecule has 4 aliphatic carbocycles. The zero-order chi connectivity index (χ0) is 21.0. The van der Waals surface area contributed by atoms with Gasteiger partial charge in [0.15, 0.2) is 0 Å². The number of fused-ring (bicyclic) bond motifs is 5. The van der Waals surface area contributed by atoms with E-state index >= 15 is 0 Å². The first kappa shape index (κ1) is 21.5. The number of thioether (sulfide) groups is 1. The predicted molar refractivity (Wildman–Crippen MR) is 119 cm³/mol. The van der Waals surface area contributed by atoms with Gasteiger partial charge in [-0.2, -0.15) is 11.8 Å². The third-order valence-electron chi connectivity index (χ3n) is 9.22. The van der Waals surface area contributed by atoms with Crippen LogP contribution in [-0.4, -0.2) is 28.9 Å². The summed E-state index contributed by atoms with van der Waals surface area (Å²) >= 11 is 2.02. The minimum atomic E-state index is -0.151. The number of allylic oxidation sites excluding steroid dienone is 1. The monoisotopic (exact) mass is 418 g/mol. The van der Waals surface area contributed by atoms with Gasteiger partial charge in [-0.15, -0.1) is 0 Å². The number of Topliss-reactive ketones (excluding diaryl/α,β-unsaturated/α-hetero) is 1. The number of ketones is 1. The van der Waals surface area contributed by atoms with Gasteiger partial charge in [0.05, 0.1) is 0 Å². The van der Waals surface area contributed by atoms with Gasteiger partial charge in [0.25, 0.3) is 0 Å². The van der Waals surface area contributed by atoms with Gasteiger partial charge in [0.1, 0.15) is 11.9 Å². The highest BCUT2D eigenvalue weighted by molar-refractivity contribution is 7.99. The molecule has 0 N–H and O–H groups in total. The van der Waals surface area contributed by atoms with E-state index in [0.717, 1.165) is 37.4 Å². The van der Waals surface area contributed by atoms with Crippen LogP contribution in [0.4, 0.5) is 0 Å². The summed E-state index contributed by atoms with van der Waals surface area (Å²) in [5, 5.41) is 0.504. The standard InChI is InChI=1S/C25H38O3S/c1-6-29-22-14-21-19-8-7-17-13-18(28-16(3)27)9-11-24(17,4)20(19)10-12-25(21,5)23(22)15(2)26/h7,18-23H,6,8-14H2,1-5H3/t18?,19-,20+,21+,22?,23+,24+,25+/m1/s1. The molecule has 0 bridgehead atoms. The van der Waals surface area contributed by atoms with Gasteiger partial charge in [-0.3, -0.25) is 9.59 Å². The SMILES string of the molecule is CCSC1C[C@H]2[C@@H]3CC=C4CC(OC(C)=O)CC[C@]4(C)[C@H]3CC[C@]2(C)[C@H]1C(C)=O. The second-order valence-electron chi connectivity index (χ2n) is 10.6. The summed E-state index contributed by atoms with van der Waals surface area (Å²) in [6.45, 7) is 10.5. The molecule has 0 aliphatic heterocycles. The molecule has 2 unspecified atom stereocenters. The van der Waals surface area contributed by atoms with E-state index in [1.807, 2.05) is 18.7 Å². The quantitative estimate of drug-likeness (QED) is 0.426. The van der Waals surface area contributed by atoms with Crippen LogP contribution in [0, 0.1) is 34.5 Å². The van der Waals surface area contributed by atoms with Gasteiger partial charge in [-0.1, -0.05) is 32.4 Å². The molecule has 8 atom stereocenters. The normalized spacial score (nSPS) is 46.2. The first-order valence-electron chi connectivity index (χ1n) is 11.7. The maximum absolute atomic E-state index is 12.7. The topological polar surface area (TPSA) is 43.4 Å². The van der Waals surface area contributed by atoms with E-state index in [-0.39, 0.29) is 28.8 Å². The fraction of sp³-hybridized carbons (Fsp3) is 0.840. The van der Waals surface area contributed by atoms with Gasteiger partial charge in [0, 0.05) is 24.5 Å². The zero-order valence-electron chi connectivity index (χ0n) is 18.8. The van der Waals surface area contributed by atoms with E-state index in [9.17, 15) is 9.59 Å². The Balaban J connectivity index is 1.61. The molecule has 162 valence electrons. The minimum absolute atomic E-state index is 0.0659. The van der Waals surface area contributed by atoms with Crippen LogP contribution in [0.25, 0.3) is 0 Å². The third-order valence-corrected chi connectivity index (χ3v) is 10.4. The maximum atomic E-state index is 12.7. The first-order valence-corrected chi connectivity index (χ1v) is 12.7. The van der Waals surface area contributed by atoms with Crippen molar-refractivity contribution < 1.29 is 14.3 Å². The van der Waals surface area contributed by atoms with E-state index in [2.05, 4.69) is 26.8 Å². The summed E-state index contributed by atoms with van der Waals surface area (Å²) in [5.74, 6) is 3.69.